The van der Waals surface area contributed by atoms with Crippen molar-refractivity contribution in [3.63, 3.8) is 0 Å². The standard InChI is InChI=1S/C17H25BN2O3/c1-16(2)17(3,4)23-18(22-16)13-7-8-21-15(9-13)12-10-19-20(11-12)14-5-6-14/h9-11,14-15H,5-8H2,1-4H3/t15-/m1/s1. The molecule has 6 heteroatoms. The lowest BCUT2D eigenvalue weighted by atomic mass is 9.74. The van der Waals surface area contributed by atoms with Crippen LogP contribution in [-0.4, -0.2) is 34.7 Å². The van der Waals surface area contributed by atoms with E-state index >= 15 is 0 Å². The Balaban J connectivity index is 1.53. The monoisotopic (exact) mass is 316 g/mol. The SMILES string of the molecule is CC1(C)OB(C2=C[C@H](c3cnn(C4CC4)c3)OCC2)OC1(C)C. The van der Waals surface area contributed by atoms with Gasteiger partial charge in [0.1, 0.15) is 6.10 Å². The van der Waals surface area contributed by atoms with Gasteiger partial charge < -0.3 is 14.0 Å². The quantitative estimate of drug-likeness (QED) is 0.803. The summed E-state index contributed by atoms with van der Waals surface area (Å²) in [4.78, 5) is 0. The second-order valence-corrected chi connectivity index (χ2v) is 7.86. The van der Waals surface area contributed by atoms with Gasteiger partial charge in [0.25, 0.3) is 0 Å². The highest BCUT2D eigenvalue weighted by Crippen LogP contribution is 2.41. The van der Waals surface area contributed by atoms with Crippen molar-refractivity contribution in [2.45, 2.75) is 70.3 Å². The summed E-state index contributed by atoms with van der Waals surface area (Å²) in [6, 6.07) is 0.596. The van der Waals surface area contributed by atoms with Gasteiger partial charge in [-0.15, -0.1) is 0 Å². The first-order chi connectivity index (χ1) is 10.9. The first-order valence-electron chi connectivity index (χ1n) is 8.58. The zero-order valence-electron chi connectivity index (χ0n) is 14.4. The third-order valence-electron chi connectivity index (χ3n) is 5.48. The number of hydrogen-bond acceptors (Lipinski definition) is 4. The van der Waals surface area contributed by atoms with E-state index in [1.54, 1.807) is 0 Å². The molecule has 0 amide bonds. The van der Waals surface area contributed by atoms with E-state index in [2.05, 4.69) is 49.7 Å². The second kappa shape index (κ2) is 5.20. The van der Waals surface area contributed by atoms with E-state index in [9.17, 15) is 0 Å². The fraction of sp³-hybridized carbons (Fsp3) is 0.706. The highest BCUT2D eigenvalue weighted by atomic mass is 16.7. The van der Waals surface area contributed by atoms with Gasteiger partial charge in [-0.2, -0.15) is 5.10 Å². The maximum Gasteiger partial charge on any atom is 0.490 e. The molecule has 1 aliphatic carbocycles. The third-order valence-corrected chi connectivity index (χ3v) is 5.48. The van der Waals surface area contributed by atoms with Gasteiger partial charge in [-0.25, -0.2) is 0 Å². The summed E-state index contributed by atoms with van der Waals surface area (Å²) in [7, 11) is -0.273. The van der Waals surface area contributed by atoms with Crippen LogP contribution in [0.4, 0.5) is 0 Å². The Morgan fingerprint density at radius 3 is 2.52 bits per heavy atom. The van der Waals surface area contributed by atoms with E-state index in [4.69, 9.17) is 14.0 Å². The molecule has 0 aromatic carbocycles. The van der Waals surface area contributed by atoms with Crippen molar-refractivity contribution in [3.05, 3.63) is 29.5 Å². The zero-order chi connectivity index (χ0) is 16.2. The smallest absolute Gasteiger partial charge is 0.400 e. The van der Waals surface area contributed by atoms with E-state index in [1.807, 2.05) is 6.20 Å². The van der Waals surface area contributed by atoms with Crippen molar-refractivity contribution in [1.29, 1.82) is 0 Å². The average molecular weight is 316 g/mol. The van der Waals surface area contributed by atoms with Crippen LogP contribution in [0.2, 0.25) is 0 Å². The Labute approximate surface area is 138 Å². The lowest BCUT2D eigenvalue weighted by molar-refractivity contribution is 0.00578. The Hall–Kier alpha value is -1.11. The molecule has 3 aliphatic rings. The largest absolute Gasteiger partial charge is 0.490 e. The van der Waals surface area contributed by atoms with Gasteiger partial charge in [-0.3, -0.25) is 4.68 Å². The Kier molecular flexibility index (Phi) is 3.48. The molecule has 2 fully saturated rings. The fourth-order valence-electron chi connectivity index (χ4n) is 3.05. The van der Waals surface area contributed by atoms with E-state index in [1.165, 1.54) is 18.3 Å². The van der Waals surface area contributed by atoms with Crippen LogP contribution < -0.4 is 0 Å². The summed E-state index contributed by atoms with van der Waals surface area (Å²) in [5, 5.41) is 4.47. The molecular weight excluding hydrogens is 291 g/mol. The van der Waals surface area contributed by atoms with Crippen molar-refractivity contribution in [2.75, 3.05) is 6.61 Å². The molecule has 5 nitrogen and oxygen atoms in total. The molecule has 1 aromatic heterocycles. The summed E-state index contributed by atoms with van der Waals surface area (Å²) >= 11 is 0. The Morgan fingerprint density at radius 1 is 1.17 bits per heavy atom. The molecule has 3 heterocycles. The number of ether oxygens (including phenoxy) is 1. The van der Waals surface area contributed by atoms with E-state index in [0.29, 0.717) is 12.6 Å². The van der Waals surface area contributed by atoms with Crippen LogP contribution in [0, 0.1) is 0 Å². The van der Waals surface area contributed by atoms with Crippen LogP contribution in [0.25, 0.3) is 0 Å². The lowest BCUT2D eigenvalue weighted by Crippen LogP contribution is -2.41. The minimum absolute atomic E-state index is 0.0507. The maximum absolute atomic E-state index is 6.17. The predicted molar refractivity (Wildman–Crippen MR) is 88.0 cm³/mol. The molecule has 1 saturated carbocycles. The summed E-state index contributed by atoms with van der Waals surface area (Å²) in [5.41, 5.74) is 1.69. The molecule has 0 N–H and O–H groups in total. The van der Waals surface area contributed by atoms with E-state index in [-0.39, 0.29) is 24.4 Å². The zero-order valence-corrected chi connectivity index (χ0v) is 14.4. The number of hydrogen-bond donors (Lipinski definition) is 0. The summed E-state index contributed by atoms with van der Waals surface area (Å²) in [6.07, 6.45) is 9.47. The van der Waals surface area contributed by atoms with Crippen LogP contribution in [0.1, 0.15) is 64.7 Å². The number of rotatable bonds is 3. The second-order valence-electron chi connectivity index (χ2n) is 7.86. The Bertz CT molecular complexity index is 618. The van der Waals surface area contributed by atoms with Gasteiger partial charge in [0, 0.05) is 11.8 Å². The fourth-order valence-corrected chi connectivity index (χ4v) is 3.05. The van der Waals surface area contributed by atoms with Gasteiger partial charge in [-0.05, 0) is 52.4 Å². The van der Waals surface area contributed by atoms with Crippen molar-refractivity contribution >= 4 is 7.12 Å². The van der Waals surface area contributed by atoms with Crippen LogP contribution in [0.5, 0.6) is 0 Å². The molecule has 1 saturated heterocycles. The minimum Gasteiger partial charge on any atom is -0.400 e. The minimum atomic E-state index is -0.302. The van der Waals surface area contributed by atoms with Crippen molar-refractivity contribution in [1.82, 2.24) is 9.78 Å². The third kappa shape index (κ3) is 2.77. The summed E-state index contributed by atoms with van der Waals surface area (Å²) < 4.78 is 20.3. The molecule has 0 bridgehead atoms. The molecule has 1 atom stereocenters. The molecule has 0 unspecified atom stereocenters. The van der Waals surface area contributed by atoms with Crippen molar-refractivity contribution < 1.29 is 14.0 Å². The number of nitrogens with zero attached hydrogens (tertiary/aromatic N) is 2. The first-order valence-corrected chi connectivity index (χ1v) is 8.58. The van der Waals surface area contributed by atoms with Crippen LogP contribution >= 0.6 is 0 Å². The molecular formula is C17H25BN2O3. The van der Waals surface area contributed by atoms with Gasteiger partial charge in [0.15, 0.2) is 0 Å². The lowest BCUT2D eigenvalue weighted by Gasteiger charge is -2.32. The Morgan fingerprint density at radius 2 is 1.87 bits per heavy atom. The highest BCUT2D eigenvalue weighted by molar-refractivity contribution is 6.54. The molecule has 124 valence electrons. The van der Waals surface area contributed by atoms with E-state index < -0.39 is 0 Å². The summed E-state index contributed by atoms with van der Waals surface area (Å²) in [5.74, 6) is 0. The highest BCUT2D eigenvalue weighted by Gasteiger charge is 2.52. The van der Waals surface area contributed by atoms with E-state index in [0.717, 1.165) is 12.0 Å². The molecule has 0 spiro atoms. The van der Waals surface area contributed by atoms with Gasteiger partial charge in [0.05, 0.1) is 30.0 Å². The van der Waals surface area contributed by atoms with Crippen molar-refractivity contribution in [3.8, 4) is 0 Å². The van der Waals surface area contributed by atoms with Crippen LogP contribution in [0.15, 0.2) is 23.9 Å². The summed E-state index contributed by atoms with van der Waals surface area (Å²) in [6.45, 7) is 9.04. The van der Waals surface area contributed by atoms with Crippen LogP contribution in [0.3, 0.4) is 0 Å². The predicted octanol–water partition coefficient (Wildman–Crippen LogP) is 3.24. The van der Waals surface area contributed by atoms with Gasteiger partial charge in [-0.1, -0.05) is 6.08 Å². The number of aromatic nitrogens is 2. The first kappa shape index (κ1) is 15.4. The molecule has 1 aromatic rings. The molecule has 4 rings (SSSR count). The topological polar surface area (TPSA) is 45.5 Å². The van der Waals surface area contributed by atoms with Gasteiger partial charge >= 0.3 is 7.12 Å². The normalized spacial score (nSPS) is 29.7. The van der Waals surface area contributed by atoms with Crippen LogP contribution in [-0.2, 0) is 14.0 Å². The van der Waals surface area contributed by atoms with Crippen molar-refractivity contribution in [2.24, 2.45) is 0 Å². The molecule has 0 radical (unpaired) electrons. The van der Waals surface area contributed by atoms with Gasteiger partial charge in [0.2, 0.25) is 0 Å². The molecule has 2 aliphatic heterocycles. The maximum atomic E-state index is 6.17. The average Bonchev–Trinajstić information content (AvgIpc) is 3.18. The molecule has 23 heavy (non-hydrogen) atoms.